The minimum Gasteiger partial charge on any atom is -0.340 e. The van der Waals surface area contributed by atoms with E-state index in [9.17, 15) is 0 Å². The van der Waals surface area contributed by atoms with Gasteiger partial charge in [-0.05, 0) is 62.5 Å². The standard InChI is InChI=1S/C23H27N5S/c1-17-7-9-20(10-8-17)25-22-16-19(3)24-23(26-22)27-11-13-28(14-12-27)29-21-6-4-5-18(2)15-21/h4-10,15-16H,11-14H2,1-3H3,(H,24,25,26). The van der Waals surface area contributed by atoms with Gasteiger partial charge in [0.2, 0.25) is 5.95 Å². The van der Waals surface area contributed by atoms with Crippen molar-refractivity contribution in [2.45, 2.75) is 25.7 Å². The monoisotopic (exact) mass is 405 g/mol. The SMILES string of the molecule is Cc1ccc(Nc2cc(C)nc(N3CCN(Sc4cccc(C)c4)CC3)n2)cc1. The zero-order chi connectivity index (χ0) is 20.2. The fourth-order valence-electron chi connectivity index (χ4n) is 3.34. The summed E-state index contributed by atoms with van der Waals surface area (Å²) >= 11 is 1.84. The molecule has 1 fully saturated rings. The summed E-state index contributed by atoms with van der Waals surface area (Å²) < 4.78 is 2.42. The van der Waals surface area contributed by atoms with Gasteiger partial charge in [-0.2, -0.15) is 4.98 Å². The number of aryl methyl sites for hydroxylation is 3. The molecule has 0 aliphatic carbocycles. The average molecular weight is 406 g/mol. The van der Waals surface area contributed by atoms with E-state index in [1.807, 2.05) is 24.9 Å². The van der Waals surface area contributed by atoms with Crippen molar-refractivity contribution in [3.8, 4) is 0 Å². The second kappa shape index (κ2) is 8.84. The Bertz CT molecular complexity index is 965. The van der Waals surface area contributed by atoms with E-state index in [1.54, 1.807) is 0 Å². The second-order valence-corrected chi connectivity index (χ2v) is 8.68. The summed E-state index contributed by atoms with van der Waals surface area (Å²) in [6.07, 6.45) is 0. The molecule has 2 aromatic carbocycles. The highest BCUT2D eigenvalue weighted by Crippen LogP contribution is 2.26. The maximum atomic E-state index is 4.77. The number of anilines is 3. The molecule has 1 aromatic heterocycles. The molecule has 3 aromatic rings. The summed E-state index contributed by atoms with van der Waals surface area (Å²) in [6, 6.07) is 19.0. The molecule has 2 heterocycles. The summed E-state index contributed by atoms with van der Waals surface area (Å²) in [5.41, 5.74) is 4.56. The van der Waals surface area contributed by atoms with Gasteiger partial charge in [0.05, 0.1) is 0 Å². The molecule has 0 saturated carbocycles. The van der Waals surface area contributed by atoms with Crippen LogP contribution in [0.3, 0.4) is 0 Å². The summed E-state index contributed by atoms with van der Waals surface area (Å²) in [6.45, 7) is 10.1. The Morgan fingerprint density at radius 1 is 0.828 bits per heavy atom. The molecular formula is C23H27N5S. The number of hydrogen-bond donors (Lipinski definition) is 1. The van der Waals surface area contributed by atoms with Gasteiger partial charge in [-0.25, -0.2) is 9.29 Å². The highest BCUT2D eigenvalue weighted by Gasteiger charge is 2.20. The molecule has 5 nitrogen and oxygen atoms in total. The van der Waals surface area contributed by atoms with Crippen LogP contribution in [-0.4, -0.2) is 40.5 Å². The first-order valence-corrected chi connectivity index (χ1v) is 10.8. The molecule has 0 unspecified atom stereocenters. The lowest BCUT2D eigenvalue weighted by molar-refractivity contribution is 0.426. The summed E-state index contributed by atoms with van der Waals surface area (Å²) in [5, 5.41) is 3.41. The molecule has 29 heavy (non-hydrogen) atoms. The predicted octanol–water partition coefficient (Wildman–Crippen LogP) is 4.97. The van der Waals surface area contributed by atoms with Gasteiger partial charge in [-0.15, -0.1) is 0 Å². The lowest BCUT2D eigenvalue weighted by Crippen LogP contribution is -2.44. The summed E-state index contributed by atoms with van der Waals surface area (Å²) in [7, 11) is 0. The Kier molecular flexibility index (Phi) is 6.02. The predicted molar refractivity (Wildman–Crippen MR) is 122 cm³/mol. The van der Waals surface area contributed by atoms with Gasteiger partial charge in [0.25, 0.3) is 0 Å². The molecule has 0 bridgehead atoms. The maximum absolute atomic E-state index is 4.77. The van der Waals surface area contributed by atoms with Crippen molar-refractivity contribution in [3.05, 3.63) is 71.4 Å². The van der Waals surface area contributed by atoms with E-state index in [1.165, 1.54) is 16.0 Å². The van der Waals surface area contributed by atoms with Crippen LogP contribution < -0.4 is 10.2 Å². The first-order chi connectivity index (χ1) is 14.0. The molecule has 1 saturated heterocycles. The van der Waals surface area contributed by atoms with Gasteiger partial charge < -0.3 is 10.2 Å². The van der Waals surface area contributed by atoms with Crippen molar-refractivity contribution < 1.29 is 0 Å². The molecule has 6 heteroatoms. The molecule has 4 rings (SSSR count). The first-order valence-electron chi connectivity index (χ1n) is 9.99. The van der Waals surface area contributed by atoms with Gasteiger partial charge in [0.15, 0.2) is 0 Å². The zero-order valence-electron chi connectivity index (χ0n) is 17.2. The Morgan fingerprint density at radius 2 is 1.59 bits per heavy atom. The van der Waals surface area contributed by atoms with Crippen molar-refractivity contribution in [1.29, 1.82) is 0 Å². The van der Waals surface area contributed by atoms with Gasteiger partial charge >= 0.3 is 0 Å². The van der Waals surface area contributed by atoms with E-state index in [4.69, 9.17) is 4.98 Å². The first kappa shape index (κ1) is 19.7. The van der Waals surface area contributed by atoms with Crippen LogP contribution in [0.1, 0.15) is 16.8 Å². The minimum absolute atomic E-state index is 0.805. The molecule has 0 radical (unpaired) electrons. The summed E-state index contributed by atoms with van der Waals surface area (Å²) in [5.74, 6) is 1.65. The Hall–Kier alpha value is -2.57. The van der Waals surface area contributed by atoms with Crippen molar-refractivity contribution in [2.75, 3.05) is 36.4 Å². The number of piperazine rings is 1. The quantitative estimate of drug-likeness (QED) is 0.604. The largest absolute Gasteiger partial charge is 0.340 e. The van der Waals surface area contributed by atoms with Crippen molar-refractivity contribution in [1.82, 2.24) is 14.3 Å². The van der Waals surface area contributed by atoms with Crippen LogP contribution in [0.15, 0.2) is 59.5 Å². The number of aromatic nitrogens is 2. The van der Waals surface area contributed by atoms with Crippen LogP contribution >= 0.6 is 11.9 Å². The Morgan fingerprint density at radius 3 is 2.31 bits per heavy atom. The third kappa shape index (κ3) is 5.28. The number of hydrogen-bond acceptors (Lipinski definition) is 6. The molecule has 0 spiro atoms. The third-order valence-corrected chi connectivity index (χ3v) is 6.00. The summed E-state index contributed by atoms with van der Waals surface area (Å²) in [4.78, 5) is 13.0. The third-order valence-electron chi connectivity index (χ3n) is 4.91. The van der Waals surface area contributed by atoms with Crippen LogP contribution in [0.25, 0.3) is 0 Å². The van der Waals surface area contributed by atoms with Gasteiger partial charge in [0, 0.05) is 48.5 Å². The number of rotatable bonds is 5. The molecule has 150 valence electrons. The number of nitrogens with one attached hydrogen (secondary N) is 1. The molecule has 1 N–H and O–H groups in total. The van der Waals surface area contributed by atoms with E-state index in [2.05, 4.69) is 81.9 Å². The van der Waals surface area contributed by atoms with E-state index < -0.39 is 0 Å². The van der Waals surface area contributed by atoms with Gasteiger partial charge in [0.1, 0.15) is 5.82 Å². The topological polar surface area (TPSA) is 44.3 Å². The average Bonchev–Trinajstić information content (AvgIpc) is 2.70. The molecular weight excluding hydrogens is 378 g/mol. The lowest BCUT2D eigenvalue weighted by Gasteiger charge is -2.34. The van der Waals surface area contributed by atoms with Crippen molar-refractivity contribution in [2.24, 2.45) is 0 Å². The Balaban J connectivity index is 1.40. The molecule has 0 amide bonds. The highest BCUT2D eigenvalue weighted by molar-refractivity contribution is 7.97. The Labute approximate surface area is 177 Å². The second-order valence-electron chi connectivity index (χ2n) is 7.51. The normalized spacial score (nSPS) is 14.8. The van der Waals surface area contributed by atoms with Crippen LogP contribution in [0.4, 0.5) is 17.5 Å². The minimum atomic E-state index is 0.805. The van der Waals surface area contributed by atoms with Crippen molar-refractivity contribution in [3.63, 3.8) is 0 Å². The smallest absolute Gasteiger partial charge is 0.227 e. The zero-order valence-corrected chi connectivity index (χ0v) is 18.0. The van der Waals surface area contributed by atoms with Crippen LogP contribution in [0.5, 0.6) is 0 Å². The van der Waals surface area contributed by atoms with E-state index in [0.29, 0.717) is 0 Å². The van der Waals surface area contributed by atoms with E-state index in [0.717, 1.165) is 49.3 Å². The molecule has 1 aliphatic heterocycles. The van der Waals surface area contributed by atoms with Gasteiger partial charge in [-0.1, -0.05) is 29.8 Å². The van der Waals surface area contributed by atoms with Crippen LogP contribution in [0.2, 0.25) is 0 Å². The highest BCUT2D eigenvalue weighted by atomic mass is 32.2. The molecule has 0 atom stereocenters. The fourth-order valence-corrected chi connectivity index (χ4v) is 4.37. The number of benzene rings is 2. The molecule has 1 aliphatic rings. The van der Waals surface area contributed by atoms with E-state index in [-0.39, 0.29) is 0 Å². The van der Waals surface area contributed by atoms with Crippen LogP contribution in [-0.2, 0) is 0 Å². The van der Waals surface area contributed by atoms with Crippen LogP contribution in [0, 0.1) is 20.8 Å². The van der Waals surface area contributed by atoms with Gasteiger partial charge in [-0.3, -0.25) is 0 Å². The number of nitrogens with zero attached hydrogens (tertiary/aromatic N) is 4. The van der Waals surface area contributed by atoms with E-state index >= 15 is 0 Å². The fraction of sp³-hybridized carbons (Fsp3) is 0.304. The van der Waals surface area contributed by atoms with Crippen molar-refractivity contribution >= 4 is 29.4 Å². The lowest BCUT2D eigenvalue weighted by atomic mass is 10.2. The maximum Gasteiger partial charge on any atom is 0.227 e.